The van der Waals surface area contributed by atoms with Crippen molar-refractivity contribution in [2.24, 2.45) is 29.4 Å². The summed E-state index contributed by atoms with van der Waals surface area (Å²) in [5.74, 6) is -20.7. The van der Waals surface area contributed by atoms with E-state index in [1.165, 1.54) is 48.5 Å². The fourth-order valence-electron chi connectivity index (χ4n) is 6.91. The molecule has 0 fully saturated rings. The number of carbonyl (C=O) groups excluding carboxylic acids is 9. The van der Waals surface area contributed by atoms with E-state index in [1.807, 2.05) is 0 Å². The van der Waals surface area contributed by atoms with Crippen LogP contribution in [-0.4, -0.2) is 192 Å². The summed E-state index contributed by atoms with van der Waals surface area (Å²) in [6.07, 6.45) is -5.27. The lowest BCUT2D eigenvalue weighted by Gasteiger charge is -2.30. The predicted molar refractivity (Wildman–Crippen MR) is 264 cm³/mol. The van der Waals surface area contributed by atoms with E-state index in [4.69, 9.17) is 5.73 Å². The van der Waals surface area contributed by atoms with Crippen molar-refractivity contribution in [3.8, 4) is 0 Å². The summed E-state index contributed by atoms with van der Waals surface area (Å²) in [5, 5.41) is 86.8. The van der Waals surface area contributed by atoms with Gasteiger partial charge in [-0.1, -0.05) is 61.8 Å². The second-order valence-corrected chi connectivity index (χ2v) is 19.1. The molecule has 0 aliphatic heterocycles. The van der Waals surface area contributed by atoms with Crippen molar-refractivity contribution in [2.75, 3.05) is 13.2 Å². The minimum atomic E-state index is -1.98. The molecule has 0 radical (unpaired) electrons. The normalized spacial score (nSPS) is 15.5. The molecule has 0 saturated heterocycles. The third-order valence-corrected chi connectivity index (χ3v) is 11.7. The number of carboxylic acid groups (broad SMARTS) is 5. The Morgan fingerprint density at radius 1 is 0.364 bits per heavy atom. The van der Waals surface area contributed by atoms with Gasteiger partial charge >= 0.3 is 29.8 Å². The van der Waals surface area contributed by atoms with Crippen LogP contribution >= 0.6 is 0 Å². The van der Waals surface area contributed by atoms with Crippen LogP contribution < -0.4 is 53.6 Å². The highest BCUT2D eigenvalue weighted by Crippen LogP contribution is 2.14. The van der Waals surface area contributed by atoms with Crippen molar-refractivity contribution in [2.45, 2.75) is 167 Å². The number of aliphatic hydroxyl groups is 2. The topological polar surface area (TPSA) is 515 Å². The molecule has 11 atom stereocenters. The second kappa shape index (κ2) is 34.2. The summed E-state index contributed by atoms with van der Waals surface area (Å²) >= 11 is 0. The highest BCUT2D eigenvalue weighted by molar-refractivity contribution is 5.99. The van der Waals surface area contributed by atoms with Crippen molar-refractivity contribution in [3.63, 3.8) is 0 Å². The van der Waals surface area contributed by atoms with Gasteiger partial charge in [-0.05, 0) is 42.9 Å². The second-order valence-electron chi connectivity index (χ2n) is 19.1. The smallest absolute Gasteiger partial charge is 0.326 e. The molecular weight excluding hydrogens is 1030 g/mol. The summed E-state index contributed by atoms with van der Waals surface area (Å²) in [7, 11) is 0. The quantitative estimate of drug-likeness (QED) is 0.0277. The number of aliphatic hydroxyl groups excluding tert-OH is 2. The first-order valence-electron chi connectivity index (χ1n) is 24.5. The number of aliphatic carboxylic acids is 5. The Morgan fingerprint density at radius 2 is 0.662 bits per heavy atom. The van der Waals surface area contributed by atoms with Crippen LogP contribution in [0, 0.1) is 23.7 Å². The van der Waals surface area contributed by atoms with E-state index in [0.29, 0.717) is 0 Å². The largest absolute Gasteiger partial charge is 0.481 e. The number of hydrogen-bond acceptors (Lipinski definition) is 17. The lowest BCUT2D eigenvalue weighted by molar-refractivity contribution is -0.144. The Morgan fingerprint density at radius 3 is 1.01 bits per heavy atom. The molecular formula is C46H76N10O21. The fourth-order valence-corrected chi connectivity index (χ4v) is 6.91. The monoisotopic (exact) mass is 1100 g/mol. The summed E-state index contributed by atoms with van der Waals surface area (Å²) in [4.78, 5) is 180. The molecule has 436 valence electrons. The molecule has 0 aromatic carbocycles. The number of amides is 9. The fraction of sp³-hybridized carbons (Fsp3) is 0.696. The summed E-state index contributed by atoms with van der Waals surface area (Å²) in [5.41, 5.74) is 5.49. The Kier molecular flexibility index (Phi) is 30.8. The molecule has 0 aliphatic carbocycles. The Hall–Kier alpha value is -7.54. The summed E-state index contributed by atoms with van der Waals surface area (Å²) < 4.78 is 0. The molecule has 0 unspecified atom stereocenters. The van der Waals surface area contributed by atoms with E-state index >= 15 is 0 Å². The van der Waals surface area contributed by atoms with E-state index < -0.39 is 225 Å². The number of nitrogens with two attached hydrogens (primary N) is 1. The first kappa shape index (κ1) is 69.5. The van der Waals surface area contributed by atoms with Crippen LogP contribution in [-0.2, 0) is 67.1 Å². The first-order chi connectivity index (χ1) is 35.7. The van der Waals surface area contributed by atoms with Crippen LogP contribution in [0.2, 0.25) is 0 Å². The average Bonchev–Trinajstić information content (AvgIpc) is 3.33. The molecule has 0 rings (SSSR count). The highest BCUT2D eigenvalue weighted by Gasteiger charge is 2.38. The molecule has 0 aliphatic rings. The lowest BCUT2D eigenvalue weighted by Crippen LogP contribution is -2.62. The van der Waals surface area contributed by atoms with Gasteiger partial charge in [-0.3, -0.25) is 62.3 Å². The molecule has 18 N–H and O–H groups in total. The van der Waals surface area contributed by atoms with Crippen molar-refractivity contribution in [1.82, 2.24) is 47.9 Å². The van der Waals surface area contributed by atoms with Gasteiger partial charge in [0.25, 0.3) is 0 Å². The Balaban J connectivity index is 6.76. The van der Waals surface area contributed by atoms with E-state index in [1.54, 1.807) is 6.92 Å². The number of hydrogen-bond donors (Lipinski definition) is 17. The zero-order valence-electron chi connectivity index (χ0n) is 44.1. The lowest BCUT2D eigenvalue weighted by atomic mass is 9.96. The van der Waals surface area contributed by atoms with Crippen molar-refractivity contribution in [3.05, 3.63) is 0 Å². The van der Waals surface area contributed by atoms with Crippen LogP contribution in [0.4, 0.5) is 0 Å². The maximum Gasteiger partial charge on any atom is 0.326 e. The molecule has 9 amide bonds. The van der Waals surface area contributed by atoms with Gasteiger partial charge in [-0.25, -0.2) is 4.79 Å². The molecule has 77 heavy (non-hydrogen) atoms. The maximum absolute atomic E-state index is 14.0. The van der Waals surface area contributed by atoms with Gasteiger partial charge in [0.2, 0.25) is 53.2 Å². The predicted octanol–water partition coefficient (Wildman–Crippen LogP) is -5.17. The minimum Gasteiger partial charge on any atom is -0.481 e. The first-order valence-corrected chi connectivity index (χ1v) is 24.5. The molecule has 0 aromatic heterocycles. The molecule has 0 aromatic rings. The molecule has 31 nitrogen and oxygen atoms in total. The SMILES string of the molecule is CC[C@H](C)[C@H](NC(=O)[C@H](CCC(=O)O)NC(=O)[C@H](CCC(=O)O)NC(=O)[C@H](CCC(=O)O)NC(=O)[C@@H](N)CO)C(=O)N[C@@H](CC(=O)O)C(=O)N[C@H](C(=O)N[C@H](C(=O)N[C@@H](CO)C(=O)N[C@H](C(=O)O)C(C)C)C(C)C)C(C)C. The molecule has 0 spiro atoms. The minimum absolute atomic E-state index is 0.108. The number of carboxylic acids is 5. The highest BCUT2D eigenvalue weighted by atomic mass is 16.4. The molecule has 0 saturated carbocycles. The van der Waals surface area contributed by atoms with Crippen LogP contribution in [0.5, 0.6) is 0 Å². The van der Waals surface area contributed by atoms with Crippen LogP contribution in [0.1, 0.15) is 107 Å². The van der Waals surface area contributed by atoms with E-state index in [2.05, 4.69) is 47.9 Å². The Labute approximate surface area is 442 Å². The van der Waals surface area contributed by atoms with E-state index in [0.717, 1.165) is 0 Å². The summed E-state index contributed by atoms with van der Waals surface area (Å²) in [6.45, 7) is 10.1. The van der Waals surface area contributed by atoms with Crippen molar-refractivity contribution < 1.29 is 103 Å². The molecule has 0 heterocycles. The average molecular weight is 1110 g/mol. The number of nitrogens with one attached hydrogen (secondary N) is 9. The van der Waals surface area contributed by atoms with Crippen LogP contribution in [0.3, 0.4) is 0 Å². The third-order valence-electron chi connectivity index (χ3n) is 11.7. The van der Waals surface area contributed by atoms with Gasteiger partial charge in [0.05, 0.1) is 19.6 Å². The van der Waals surface area contributed by atoms with Crippen LogP contribution in [0.25, 0.3) is 0 Å². The number of rotatable bonds is 37. The van der Waals surface area contributed by atoms with Gasteiger partial charge in [0.1, 0.15) is 60.4 Å². The van der Waals surface area contributed by atoms with Crippen molar-refractivity contribution >= 4 is 83.0 Å². The maximum atomic E-state index is 14.0. The zero-order valence-corrected chi connectivity index (χ0v) is 44.1. The number of carbonyl (C=O) groups is 14. The standard InChI is InChI=1S/C46H76N10O21/c1-9-22(8)36(56-40(70)26(12-15-31(63)64)50-39(69)25(11-14-30(61)62)49-38(68)24(10-13-29(59)60)48-37(67)23(47)17-57)45(75)51-27(16-32(65)66)41(71)53-34(20(4)5)44(74)54-33(19(2)3)43(73)52-28(18-58)42(72)55-35(21(6)7)46(76)77/h19-28,33-36,57-58H,9-18,47H2,1-8H3,(H,48,67)(H,49,68)(H,50,69)(H,51,75)(H,52,73)(H,53,71)(H,54,74)(H,55,72)(H,56,70)(H,59,60)(H,61,62)(H,63,64)(H,65,66)(H,76,77)/t22-,23-,24-,25-,26-,27-,28-,33-,34-,35-,36-/m0/s1. The van der Waals surface area contributed by atoms with Gasteiger partial charge in [0, 0.05) is 19.3 Å². The van der Waals surface area contributed by atoms with Gasteiger partial charge in [-0.15, -0.1) is 0 Å². The zero-order chi connectivity index (χ0) is 59.6. The van der Waals surface area contributed by atoms with Gasteiger partial charge in [-0.2, -0.15) is 0 Å². The van der Waals surface area contributed by atoms with E-state index in [9.17, 15) is 103 Å². The van der Waals surface area contributed by atoms with E-state index in [-0.39, 0.29) is 6.42 Å². The molecule has 31 heteroatoms. The van der Waals surface area contributed by atoms with Crippen molar-refractivity contribution in [1.29, 1.82) is 0 Å². The third kappa shape index (κ3) is 25.2. The van der Waals surface area contributed by atoms with Gasteiger partial charge < -0.3 is 89.3 Å². The van der Waals surface area contributed by atoms with Crippen LogP contribution in [0.15, 0.2) is 0 Å². The molecule has 0 bridgehead atoms. The summed E-state index contributed by atoms with van der Waals surface area (Å²) in [6, 6.07) is -16.7. The Bertz CT molecular complexity index is 2120. The van der Waals surface area contributed by atoms with Gasteiger partial charge in [0.15, 0.2) is 0 Å².